The molecular weight excluding hydrogens is 160 g/mol. The van der Waals surface area contributed by atoms with Gasteiger partial charge in [-0.2, -0.15) is 0 Å². The van der Waals surface area contributed by atoms with Gasteiger partial charge in [0.2, 0.25) is 0 Å². The number of hydrogen-bond acceptors (Lipinski definition) is 0. The predicted octanol–water partition coefficient (Wildman–Crippen LogP) is -0.999. The van der Waals surface area contributed by atoms with Crippen molar-refractivity contribution in [3.63, 3.8) is 0 Å². The van der Waals surface area contributed by atoms with E-state index in [0.717, 1.165) is 0 Å². The second-order valence-electron chi connectivity index (χ2n) is 0. The van der Waals surface area contributed by atoms with Gasteiger partial charge in [0.1, 0.15) is 0 Å². The zero-order chi connectivity index (χ0) is 0. The Morgan fingerprint density at radius 2 is 0.750 bits per heavy atom. The zero-order valence-corrected chi connectivity index (χ0v) is 7.92. The number of rotatable bonds is 0. The standard InChI is InChI=1S/Ca.2O.Sr/q+2;2*-2;+2. The summed E-state index contributed by atoms with van der Waals surface area (Å²) in [6.07, 6.45) is 0. The van der Waals surface area contributed by atoms with Crippen LogP contribution in [0.5, 0.6) is 0 Å². The molecule has 0 atom stereocenters. The molecule has 2 nitrogen and oxygen atoms in total. The molecule has 0 amide bonds. The molecule has 0 saturated heterocycles. The maximum atomic E-state index is 0. The van der Waals surface area contributed by atoms with E-state index < -0.39 is 0 Å². The second-order valence-corrected chi connectivity index (χ2v) is 0. The molecule has 0 aliphatic rings. The van der Waals surface area contributed by atoms with Crippen molar-refractivity contribution < 1.29 is 11.0 Å². The normalized spacial score (nSPS) is 0. The molecule has 0 saturated carbocycles. The van der Waals surface area contributed by atoms with Crippen LogP contribution in [0.3, 0.4) is 0 Å². The summed E-state index contributed by atoms with van der Waals surface area (Å²) < 4.78 is 0. The van der Waals surface area contributed by atoms with Crippen molar-refractivity contribution in [2.24, 2.45) is 0 Å². The van der Waals surface area contributed by atoms with Gasteiger partial charge in [-0.15, -0.1) is 0 Å². The van der Waals surface area contributed by atoms with Crippen molar-refractivity contribution in [2.45, 2.75) is 0 Å². The third-order valence-electron chi connectivity index (χ3n) is 0. The Bertz CT molecular complexity index is 6.00. The molecule has 0 aromatic rings. The maximum Gasteiger partial charge on any atom is 2.00 e. The average Bonchev–Trinajstić information content (AvgIpc) is 0. The third-order valence-corrected chi connectivity index (χ3v) is 0. The van der Waals surface area contributed by atoms with Crippen LogP contribution in [0.4, 0.5) is 0 Å². The van der Waals surface area contributed by atoms with E-state index in [9.17, 15) is 0 Å². The molecule has 4 heavy (non-hydrogen) atoms. The molecule has 0 aromatic heterocycles. The first-order valence-electron chi connectivity index (χ1n) is 0. The molecule has 0 rings (SSSR count). The Labute approximate surface area is 91.8 Å². The van der Waals surface area contributed by atoms with Crippen LogP contribution in [0.2, 0.25) is 0 Å². The quantitative estimate of drug-likeness (QED) is 0.408. The van der Waals surface area contributed by atoms with Crippen LogP contribution in [-0.2, 0) is 11.0 Å². The summed E-state index contributed by atoms with van der Waals surface area (Å²) in [6.45, 7) is 0. The van der Waals surface area contributed by atoms with E-state index in [-0.39, 0.29) is 94.2 Å². The van der Waals surface area contributed by atoms with E-state index >= 15 is 0 Å². The fourth-order valence-corrected chi connectivity index (χ4v) is 0. The summed E-state index contributed by atoms with van der Waals surface area (Å²) in [5.74, 6) is 0. The fraction of sp³-hybridized carbons (Fsp3) is 0. The molecule has 4 heteroatoms. The minimum absolute atomic E-state index is 0. The van der Waals surface area contributed by atoms with E-state index in [2.05, 4.69) is 0 Å². The van der Waals surface area contributed by atoms with Gasteiger partial charge in [-0.1, -0.05) is 0 Å². The topological polar surface area (TPSA) is 57.0 Å². The van der Waals surface area contributed by atoms with Crippen LogP contribution in [0.15, 0.2) is 0 Å². The van der Waals surface area contributed by atoms with E-state index in [1.54, 1.807) is 0 Å². The Morgan fingerprint density at radius 1 is 0.750 bits per heavy atom. The van der Waals surface area contributed by atoms with Gasteiger partial charge in [0.25, 0.3) is 0 Å². The van der Waals surface area contributed by atoms with Crippen molar-refractivity contribution in [1.82, 2.24) is 0 Å². The summed E-state index contributed by atoms with van der Waals surface area (Å²) in [6, 6.07) is 0. The van der Waals surface area contributed by atoms with Gasteiger partial charge in [-0.05, 0) is 0 Å². The van der Waals surface area contributed by atoms with Gasteiger partial charge in [-0.25, -0.2) is 0 Å². The van der Waals surface area contributed by atoms with Crippen LogP contribution >= 0.6 is 0 Å². The van der Waals surface area contributed by atoms with Gasteiger partial charge >= 0.3 is 83.2 Å². The van der Waals surface area contributed by atoms with Crippen LogP contribution < -0.4 is 0 Å². The maximum absolute atomic E-state index is 0. The summed E-state index contributed by atoms with van der Waals surface area (Å²) >= 11 is 0. The van der Waals surface area contributed by atoms with E-state index in [1.165, 1.54) is 0 Å². The molecule has 0 aromatic carbocycles. The Balaban J connectivity index is 0. The van der Waals surface area contributed by atoms with Gasteiger partial charge in [0.15, 0.2) is 0 Å². The molecule has 0 aliphatic carbocycles. The van der Waals surface area contributed by atoms with Crippen LogP contribution in [-0.4, -0.2) is 83.2 Å². The van der Waals surface area contributed by atoms with Gasteiger partial charge < -0.3 is 11.0 Å². The predicted molar refractivity (Wildman–Crippen MR) is 12.9 cm³/mol. The minimum atomic E-state index is 0. The third kappa shape index (κ3) is 8.82. The summed E-state index contributed by atoms with van der Waals surface area (Å²) in [7, 11) is 0. The summed E-state index contributed by atoms with van der Waals surface area (Å²) in [5, 5.41) is 0. The van der Waals surface area contributed by atoms with Crippen LogP contribution in [0.1, 0.15) is 0 Å². The Morgan fingerprint density at radius 3 is 0.750 bits per heavy atom. The van der Waals surface area contributed by atoms with Crippen molar-refractivity contribution in [2.75, 3.05) is 0 Å². The van der Waals surface area contributed by atoms with Crippen LogP contribution in [0, 0.1) is 0 Å². The monoisotopic (exact) mass is 160 g/mol. The molecule has 0 N–H and O–H groups in total. The summed E-state index contributed by atoms with van der Waals surface area (Å²) in [4.78, 5) is 0. The molecular formula is CaO2Sr. The Hall–Kier alpha value is 2.66. The molecule has 0 spiro atoms. The minimum Gasteiger partial charge on any atom is -2.00 e. The first kappa shape index (κ1) is 30.2. The van der Waals surface area contributed by atoms with E-state index in [0.29, 0.717) is 0 Å². The van der Waals surface area contributed by atoms with Gasteiger partial charge in [0.05, 0.1) is 0 Å². The van der Waals surface area contributed by atoms with E-state index in [1.807, 2.05) is 0 Å². The molecule has 0 fully saturated rings. The molecule has 0 unspecified atom stereocenters. The molecule has 0 bridgehead atoms. The zero-order valence-electron chi connectivity index (χ0n) is 2.23. The Kier molecular flexibility index (Phi) is 131. The second kappa shape index (κ2) is 17.4. The largest absolute Gasteiger partial charge is 2.00 e. The van der Waals surface area contributed by atoms with Gasteiger partial charge in [0, 0.05) is 0 Å². The number of hydrogen-bond donors (Lipinski definition) is 0. The molecule has 16 valence electrons. The fourth-order valence-electron chi connectivity index (χ4n) is 0. The van der Waals surface area contributed by atoms with E-state index in [4.69, 9.17) is 0 Å². The average molecular weight is 160 g/mol. The van der Waals surface area contributed by atoms with Crippen molar-refractivity contribution >= 4 is 83.2 Å². The van der Waals surface area contributed by atoms with Crippen LogP contribution in [0.25, 0.3) is 0 Å². The van der Waals surface area contributed by atoms with Crippen molar-refractivity contribution in [3.8, 4) is 0 Å². The summed E-state index contributed by atoms with van der Waals surface area (Å²) in [5.41, 5.74) is 0. The molecule has 0 heterocycles. The molecule has 0 aliphatic heterocycles. The first-order chi connectivity index (χ1) is 0. The SMILES string of the molecule is [Ca+2].[O-2].[O-2].[Sr+2]. The molecule has 0 radical (unpaired) electrons. The van der Waals surface area contributed by atoms with Gasteiger partial charge in [-0.3, -0.25) is 0 Å². The van der Waals surface area contributed by atoms with Crippen molar-refractivity contribution in [3.05, 3.63) is 0 Å². The smallest absolute Gasteiger partial charge is 2.00 e. The van der Waals surface area contributed by atoms with Crippen molar-refractivity contribution in [1.29, 1.82) is 0 Å². The first-order valence-corrected chi connectivity index (χ1v) is 0.